The molecule has 5 heteroatoms. The van der Waals surface area contributed by atoms with Gasteiger partial charge in [0, 0.05) is 5.75 Å². The second kappa shape index (κ2) is 7.25. The molecule has 0 aliphatic rings. The number of fused-ring (bicyclic) bond motifs is 1. The van der Waals surface area contributed by atoms with Gasteiger partial charge >= 0.3 is 0 Å². The average molecular weight is 364 g/mol. The Bertz CT molecular complexity index is 982. The van der Waals surface area contributed by atoms with Crippen molar-refractivity contribution < 1.29 is 4.74 Å². The van der Waals surface area contributed by atoms with Gasteiger partial charge in [0.25, 0.3) is 0 Å². The number of ether oxygens (including phenoxy) is 1. The monoisotopic (exact) mass is 364 g/mol. The zero-order chi connectivity index (χ0) is 17.1. The number of aromatic nitrogens is 2. The largest absolute Gasteiger partial charge is 0.437 e. The van der Waals surface area contributed by atoms with E-state index in [4.69, 9.17) is 4.74 Å². The molecule has 0 saturated heterocycles. The van der Waals surface area contributed by atoms with Gasteiger partial charge in [-0.25, -0.2) is 4.98 Å². The van der Waals surface area contributed by atoms with Gasteiger partial charge in [-0.05, 0) is 36.1 Å². The lowest BCUT2D eigenvalue weighted by molar-refractivity contribution is 0.463. The first-order valence-electron chi connectivity index (χ1n) is 7.94. The fraction of sp³-hybridized carbons (Fsp3) is 0.100. The molecule has 0 aliphatic carbocycles. The molecule has 0 fully saturated rings. The van der Waals surface area contributed by atoms with E-state index in [1.807, 2.05) is 53.9 Å². The number of aryl methyl sites for hydroxylation is 1. The molecule has 0 N–H and O–H groups in total. The lowest BCUT2D eigenvalue weighted by Gasteiger charge is -2.08. The lowest BCUT2D eigenvalue weighted by atomic mass is 10.2. The van der Waals surface area contributed by atoms with Crippen LogP contribution in [0.3, 0.4) is 0 Å². The molecule has 4 rings (SSSR count). The molecule has 0 saturated carbocycles. The van der Waals surface area contributed by atoms with E-state index in [0.29, 0.717) is 5.88 Å². The highest BCUT2D eigenvalue weighted by Gasteiger charge is 2.12. The van der Waals surface area contributed by atoms with Crippen molar-refractivity contribution in [2.24, 2.45) is 0 Å². The van der Waals surface area contributed by atoms with Gasteiger partial charge in [0.15, 0.2) is 5.16 Å². The second-order valence-electron chi connectivity index (χ2n) is 5.64. The van der Waals surface area contributed by atoms with Crippen LogP contribution in [0.5, 0.6) is 11.6 Å². The summed E-state index contributed by atoms with van der Waals surface area (Å²) >= 11 is 3.22. The van der Waals surface area contributed by atoms with Crippen molar-refractivity contribution in [3.05, 3.63) is 77.2 Å². The molecule has 0 amide bonds. The third kappa shape index (κ3) is 3.83. The van der Waals surface area contributed by atoms with Crippen molar-refractivity contribution in [3.63, 3.8) is 0 Å². The number of nitrogens with zero attached hydrogens (tertiary/aromatic N) is 2. The van der Waals surface area contributed by atoms with Crippen LogP contribution in [0.4, 0.5) is 0 Å². The molecule has 0 aliphatic heterocycles. The minimum Gasteiger partial charge on any atom is -0.437 e. The lowest BCUT2D eigenvalue weighted by Crippen LogP contribution is -1.93. The summed E-state index contributed by atoms with van der Waals surface area (Å²) in [6.45, 7) is 2.06. The van der Waals surface area contributed by atoms with Crippen LogP contribution in [-0.2, 0) is 5.75 Å². The third-order valence-corrected chi connectivity index (χ3v) is 5.51. The van der Waals surface area contributed by atoms with Gasteiger partial charge in [-0.1, -0.05) is 59.8 Å². The molecular weight excluding hydrogens is 348 g/mol. The second-order valence-corrected chi connectivity index (χ2v) is 7.49. The Kier molecular flexibility index (Phi) is 4.68. The summed E-state index contributed by atoms with van der Waals surface area (Å²) in [4.78, 5) is 9.29. The number of thiophene rings is 1. The highest BCUT2D eigenvalue weighted by molar-refractivity contribution is 7.98. The van der Waals surface area contributed by atoms with Gasteiger partial charge in [0.2, 0.25) is 5.88 Å². The molecule has 2 aromatic carbocycles. The van der Waals surface area contributed by atoms with Crippen molar-refractivity contribution in [2.75, 3.05) is 0 Å². The molecule has 0 bridgehead atoms. The summed E-state index contributed by atoms with van der Waals surface area (Å²) in [6.07, 6.45) is 0. The van der Waals surface area contributed by atoms with Crippen molar-refractivity contribution in [2.45, 2.75) is 17.8 Å². The topological polar surface area (TPSA) is 35.0 Å². The van der Waals surface area contributed by atoms with E-state index < -0.39 is 0 Å². The first kappa shape index (κ1) is 16.1. The van der Waals surface area contributed by atoms with Crippen LogP contribution in [0.15, 0.2) is 71.2 Å². The Hall–Kier alpha value is -2.37. The molecule has 3 nitrogen and oxygen atoms in total. The van der Waals surface area contributed by atoms with E-state index in [1.54, 1.807) is 23.1 Å². The van der Waals surface area contributed by atoms with E-state index in [2.05, 4.69) is 29.0 Å². The molecule has 0 unspecified atom stereocenters. The van der Waals surface area contributed by atoms with E-state index >= 15 is 0 Å². The molecule has 4 aromatic rings. The molecule has 2 heterocycles. The summed E-state index contributed by atoms with van der Waals surface area (Å²) in [5, 5.41) is 2.75. The highest BCUT2D eigenvalue weighted by Crippen LogP contribution is 2.33. The van der Waals surface area contributed by atoms with Crippen LogP contribution in [0.2, 0.25) is 0 Å². The minimum atomic E-state index is 0.624. The Balaban J connectivity index is 1.61. The van der Waals surface area contributed by atoms with E-state index in [0.717, 1.165) is 26.9 Å². The predicted molar refractivity (Wildman–Crippen MR) is 105 cm³/mol. The number of thioether (sulfide) groups is 1. The van der Waals surface area contributed by atoms with Gasteiger partial charge < -0.3 is 4.74 Å². The van der Waals surface area contributed by atoms with Crippen LogP contribution >= 0.6 is 23.1 Å². The minimum absolute atomic E-state index is 0.624. The number of rotatable bonds is 5. The molecule has 124 valence electrons. The van der Waals surface area contributed by atoms with Crippen LogP contribution in [0, 0.1) is 6.92 Å². The predicted octanol–water partition coefficient (Wildman–Crippen LogP) is 6.08. The Morgan fingerprint density at radius 2 is 1.76 bits per heavy atom. The maximum absolute atomic E-state index is 6.04. The summed E-state index contributed by atoms with van der Waals surface area (Å²) in [6, 6.07) is 20.3. The number of benzene rings is 2. The zero-order valence-corrected chi connectivity index (χ0v) is 15.3. The van der Waals surface area contributed by atoms with E-state index in [9.17, 15) is 0 Å². The molecule has 0 spiro atoms. The molecule has 0 atom stereocenters. The maximum Gasteiger partial charge on any atom is 0.241 e. The van der Waals surface area contributed by atoms with E-state index in [1.165, 1.54) is 11.1 Å². The maximum atomic E-state index is 6.04. The van der Waals surface area contributed by atoms with Gasteiger partial charge in [-0.15, -0.1) is 11.3 Å². The van der Waals surface area contributed by atoms with Gasteiger partial charge in [0.1, 0.15) is 10.4 Å². The Morgan fingerprint density at radius 3 is 2.56 bits per heavy atom. The molecule has 0 radical (unpaired) electrons. The summed E-state index contributed by atoms with van der Waals surface area (Å²) in [5.41, 5.74) is 3.38. The number of hydrogen-bond acceptors (Lipinski definition) is 5. The zero-order valence-electron chi connectivity index (χ0n) is 13.7. The fourth-order valence-corrected chi connectivity index (χ4v) is 3.94. The van der Waals surface area contributed by atoms with Gasteiger partial charge in [0.05, 0.1) is 5.52 Å². The van der Waals surface area contributed by atoms with Crippen LogP contribution in [0.1, 0.15) is 11.1 Å². The SMILES string of the molecule is Cc1ccc(Oc2nc(SCc3ccccc3)nc3ccsc23)cc1. The third-order valence-electron chi connectivity index (χ3n) is 3.70. The summed E-state index contributed by atoms with van der Waals surface area (Å²) in [5.74, 6) is 2.25. The molecular formula is C20H16N2OS2. The summed E-state index contributed by atoms with van der Waals surface area (Å²) < 4.78 is 7.02. The first-order valence-corrected chi connectivity index (χ1v) is 9.81. The fourth-order valence-electron chi connectivity index (χ4n) is 2.39. The Labute approximate surface area is 154 Å². The molecule has 2 aromatic heterocycles. The standard InChI is InChI=1S/C20H16N2OS2/c1-14-7-9-16(10-8-14)23-19-18-17(11-12-24-18)21-20(22-19)25-13-15-5-3-2-4-6-15/h2-12H,13H2,1H3. The first-order chi connectivity index (χ1) is 12.3. The number of hydrogen-bond donors (Lipinski definition) is 0. The van der Waals surface area contributed by atoms with Crippen molar-refractivity contribution >= 4 is 33.3 Å². The van der Waals surface area contributed by atoms with Crippen molar-refractivity contribution in [1.29, 1.82) is 0 Å². The molecule has 25 heavy (non-hydrogen) atoms. The van der Waals surface area contributed by atoms with Crippen LogP contribution in [-0.4, -0.2) is 9.97 Å². The quantitative estimate of drug-likeness (QED) is 0.317. The van der Waals surface area contributed by atoms with Gasteiger partial charge in [-0.2, -0.15) is 4.98 Å². The van der Waals surface area contributed by atoms with Crippen LogP contribution < -0.4 is 4.74 Å². The van der Waals surface area contributed by atoms with Crippen molar-refractivity contribution in [1.82, 2.24) is 9.97 Å². The Morgan fingerprint density at radius 1 is 0.960 bits per heavy atom. The highest BCUT2D eigenvalue weighted by atomic mass is 32.2. The van der Waals surface area contributed by atoms with Crippen molar-refractivity contribution in [3.8, 4) is 11.6 Å². The van der Waals surface area contributed by atoms with Gasteiger partial charge in [-0.3, -0.25) is 0 Å². The average Bonchev–Trinajstić information content (AvgIpc) is 3.12. The smallest absolute Gasteiger partial charge is 0.241 e. The van der Waals surface area contributed by atoms with E-state index in [-0.39, 0.29) is 0 Å². The summed E-state index contributed by atoms with van der Waals surface area (Å²) in [7, 11) is 0. The normalized spacial score (nSPS) is 10.9. The van der Waals surface area contributed by atoms with Crippen LogP contribution in [0.25, 0.3) is 10.2 Å².